The minimum atomic E-state index is -0.176. The van der Waals surface area contributed by atoms with Crippen LogP contribution in [0.15, 0.2) is 60.0 Å². The van der Waals surface area contributed by atoms with E-state index in [0.29, 0.717) is 40.8 Å². The molecule has 0 atom stereocenters. The van der Waals surface area contributed by atoms with Gasteiger partial charge in [0.15, 0.2) is 0 Å². The van der Waals surface area contributed by atoms with Gasteiger partial charge in [-0.25, -0.2) is 0 Å². The Morgan fingerprint density at radius 3 is 2.53 bits per heavy atom. The Labute approximate surface area is 197 Å². The molecule has 0 bridgehead atoms. The van der Waals surface area contributed by atoms with Gasteiger partial charge >= 0.3 is 0 Å². The summed E-state index contributed by atoms with van der Waals surface area (Å²) in [7, 11) is 5.49. The molecule has 0 unspecified atom stereocenters. The molecule has 3 aromatic rings. The summed E-state index contributed by atoms with van der Waals surface area (Å²) in [6.45, 7) is 1.13. The van der Waals surface area contributed by atoms with Crippen molar-refractivity contribution in [1.29, 1.82) is 0 Å². The van der Waals surface area contributed by atoms with Gasteiger partial charge in [0.1, 0.15) is 0 Å². The largest absolute Gasteiger partial charge is 0.383 e. The molecule has 0 aliphatic carbocycles. The number of carbonyl (C=O) groups is 2. The number of anilines is 2. The van der Waals surface area contributed by atoms with Crippen LogP contribution >= 0.6 is 22.9 Å². The van der Waals surface area contributed by atoms with Crippen molar-refractivity contribution >= 4 is 46.1 Å². The molecular formula is C24H26ClN3O3S. The smallest absolute Gasteiger partial charge is 0.265 e. The Morgan fingerprint density at radius 1 is 1.09 bits per heavy atom. The maximum atomic E-state index is 13.3. The molecule has 1 N–H and O–H groups in total. The van der Waals surface area contributed by atoms with Crippen LogP contribution in [0.1, 0.15) is 25.6 Å². The van der Waals surface area contributed by atoms with Gasteiger partial charge in [0, 0.05) is 45.7 Å². The van der Waals surface area contributed by atoms with Crippen LogP contribution in [-0.4, -0.2) is 51.1 Å². The summed E-state index contributed by atoms with van der Waals surface area (Å²) >= 11 is 7.67. The Kier molecular flexibility index (Phi) is 8.27. The number of thiophene rings is 1. The van der Waals surface area contributed by atoms with Gasteiger partial charge in [-0.3, -0.25) is 9.59 Å². The summed E-state index contributed by atoms with van der Waals surface area (Å²) in [5, 5.41) is 5.21. The number of nitrogens with zero attached hydrogens (tertiary/aromatic N) is 2. The van der Waals surface area contributed by atoms with Crippen molar-refractivity contribution in [2.75, 3.05) is 44.6 Å². The van der Waals surface area contributed by atoms with Gasteiger partial charge in [-0.15, -0.1) is 11.3 Å². The van der Waals surface area contributed by atoms with Gasteiger partial charge in [-0.1, -0.05) is 29.8 Å². The van der Waals surface area contributed by atoms with Crippen molar-refractivity contribution in [2.24, 2.45) is 0 Å². The number of ether oxygens (including phenoxy) is 1. The molecule has 1 aromatic heterocycles. The average Bonchev–Trinajstić information content (AvgIpc) is 3.31. The number of rotatable bonds is 9. The summed E-state index contributed by atoms with van der Waals surface area (Å²) in [6, 6.07) is 16.3. The van der Waals surface area contributed by atoms with E-state index in [1.165, 1.54) is 11.3 Å². The number of methoxy groups -OCH3 is 1. The summed E-state index contributed by atoms with van der Waals surface area (Å²) in [4.78, 5) is 30.1. The zero-order valence-corrected chi connectivity index (χ0v) is 19.9. The number of benzene rings is 2. The first kappa shape index (κ1) is 23.8. The maximum Gasteiger partial charge on any atom is 0.265 e. The van der Waals surface area contributed by atoms with Gasteiger partial charge in [-0.05, 0) is 47.3 Å². The van der Waals surface area contributed by atoms with Crippen LogP contribution in [-0.2, 0) is 11.3 Å². The normalized spacial score (nSPS) is 10.6. The molecule has 2 aromatic carbocycles. The molecule has 0 aliphatic rings. The van der Waals surface area contributed by atoms with Gasteiger partial charge in [-0.2, -0.15) is 0 Å². The van der Waals surface area contributed by atoms with Crippen molar-refractivity contribution in [3.05, 3.63) is 81.0 Å². The number of halogens is 1. The SMILES string of the molecule is COCCN(Cc1cc(NC(=O)c2cccs2)ccc1N(C)C)C(=O)c1ccccc1Cl. The fraction of sp³-hybridized carbons (Fsp3) is 0.250. The first-order valence-corrected chi connectivity index (χ1v) is 11.3. The standard InChI is InChI=1S/C24H26ClN3O3S/c1-27(2)21-11-10-18(26-23(29)22-9-6-14-32-22)15-17(21)16-28(12-13-31-3)24(30)19-7-4-5-8-20(19)25/h4-11,14-15H,12-13,16H2,1-3H3,(H,26,29). The van der Waals surface area contributed by atoms with Gasteiger partial charge in [0.25, 0.3) is 11.8 Å². The number of amides is 2. The van der Waals surface area contributed by atoms with Crippen LogP contribution in [0.2, 0.25) is 5.02 Å². The Bertz CT molecular complexity index is 1070. The Morgan fingerprint density at radius 2 is 1.88 bits per heavy atom. The lowest BCUT2D eigenvalue weighted by atomic mass is 10.1. The monoisotopic (exact) mass is 471 g/mol. The van der Waals surface area contributed by atoms with E-state index in [2.05, 4.69) is 5.32 Å². The lowest BCUT2D eigenvalue weighted by Crippen LogP contribution is -2.34. The van der Waals surface area contributed by atoms with Gasteiger partial charge < -0.3 is 19.9 Å². The molecule has 32 heavy (non-hydrogen) atoms. The van der Waals surface area contributed by atoms with E-state index in [9.17, 15) is 9.59 Å². The zero-order chi connectivity index (χ0) is 23.1. The zero-order valence-electron chi connectivity index (χ0n) is 18.3. The minimum Gasteiger partial charge on any atom is -0.383 e. The van der Waals surface area contributed by atoms with E-state index in [-0.39, 0.29) is 11.8 Å². The van der Waals surface area contributed by atoms with E-state index in [4.69, 9.17) is 16.3 Å². The predicted octanol–water partition coefficient (Wildman–Crippen LogP) is 5.01. The van der Waals surface area contributed by atoms with E-state index in [1.807, 2.05) is 48.6 Å². The maximum absolute atomic E-state index is 13.3. The van der Waals surface area contributed by atoms with Gasteiger partial charge in [0.05, 0.1) is 22.1 Å². The van der Waals surface area contributed by atoms with Crippen LogP contribution in [0.3, 0.4) is 0 Å². The molecule has 0 radical (unpaired) electrons. The van der Waals surface area contributed by atoms with Crippen molar-refractivity contribution in [2.45, 2.75) is 6.54 Å². The van der Waals surface area contributed by atoms with Crippen LogP contribution in [0.5, 0.6) is 0 Å². The highest BCUT2D eigenvalue weighted by atomic mass is 35.5. The molecule has 168 valence electrons. The van der Waals surface area contributed by atoms with Crippen molar-refractivity contribution < 1.29 is 14.3 Å². The molecule has 0 spiro atoms. The van der Waals surface area contributed by atoms with Crippen LogP contribution in [0.25, 0.3) is 0 Å². The number of nitrogens with one attached hydrogen (secondary N) is 1. The second-order valence-corrected chi connectivity index (χ2v) is 8.72. The first-order valence-electron chi connectivity index (χ1n) is 10.1. The number of carbonyl (C=O) groups excluding carboxylic acids is 2. The second-order valence-electron chi connectivity index (χ2n) is 7.37. The highest BCUT2D eigenvalue weighted by molar-refractivity contribution is 7.12. The third kappa shape index (κ3) is 5.88. The van der Waals surface area contributed by atoms with E-state index in [0.717, 1.165) is 11.3 Å². The fourth-order valence-electron chi connectivity index (χ4n) is 3.29. The highest BCUT2D eigenvalue weighted by Crippen LogP contribution is 2.26. The molecule has 0 aliphatic heterocycles. The first-order chi connectivity index (χ1) is 15.4. The predicted molar refractivity (Wildman–Crippen MR) is 131 cm³/mol. The Balaban J connectivity index is 1.90. The molecule has 0 saturated heterocycles. The highest BCUT2D eigenvalue weighted by Gasteiger charge is 2.20. The molecule has 0 fully saturated rings. The number of hydrogen-bond acceptors (Lipinski definition) is 5. The van der Waals surface area contributed by atoms with Crippen LogP contribution in [0.4, 0.5) is 11.4 Å². The molecule has 3 rings (SSSR count). The minimum absolute atomic E-state index is 0.160. The average molecular weight is 472 g/mol. The lowest BCUT2D eigenvalue weighted by molar-refractivity contribution is 0.0680. The topological polar surface area (TPSA) is 61.9 Å². The summed E-state index contributed by atoms with van der Waals surface area (Å²) in [6.07, 6.45) is 0. The third-order valence-corrected chi connectivity index (χ3v) is 6.08. The summed E-state index contributed by atoms with van der Waals surface area (Å²) < 4.78 is 5.23. The van der Waals surface area contributed by atoms with E-state index < -0.39 is 0 Å². The second kappa shape index (κ2) is 11.1. The molecular weight excluding hydrogens is 446 g/mol. The summed E-state index contributed by atoms with van der Waals surface area (Å²) in [5.74, 6) is -0.336. The lowest BCUT2D eigenvalue weighted by Gasteiger charge is -2.26. The Hall–Kier alpha value is -2.87. The fourth-order valence-corrected chi connectivity index (χ4v) is 4.13. The molecule has 6 nitrogen and oxygen atoms in total. The number of hydrogen-bond donors (Lipinski definition) is 1. The van der Waals surface area contributed by atoms with Gasteiger partial charge in [0.2, 0.25) is 0 Å². The third-order valence-electron chi connectivity index (χ3n) is 4.88. The molecule has 0 saturated carbocycles. The van der Waals surface area contributed by atoms with Crippen molar-refractivity contribution in [3.8, 4) is 0 Å². The van der Waals surface area contributed by atoms with Crippen LogP contribution < -0.4 is 10.2 Å². The summed E-state index contributed by atoms with van der Waals surface area (Å²) in [5.41, 5.74) is 2.96. The van der Waals surface area contributed by atoms with E-state index in [1.54, 1.807) is 42.3 Å². The molecule has 2 amide bonds. The van der Waals surface area contributed by atoms with E-state index >= 15 is 0 Å². The van der Waals surface area contributed by atoms with Crippen molar-refractivity contribution in [3.63, 3.8) is 0 Å². The molecule has 1 heterocycles. The van der Waals surface area contributed by atoms with Crippen LogP contribution in [0, 0.1) is 0 Å². The van der Waals surface area contributed by atoms with Crippen molar-refractivity contribution in [1.82, 2.24) is 4.90 Å². The quantitative estimate of drug-likeness (QED) is 0.476. The molecule has 8 heteroatoms.